The van der Waals surface area contributed by atoms with Gasteiger partial charge in [-0.3, -0.25) is 9.59 Å². The van der Waals surface area contributed by atoms with Gasteiger partial charge in [0.25, 0.3) is 0 Å². The van der Waals surface area contributed by atoms with Gasteiger partial charge in [0.1, 0.15) is 17.8 Å². The van der Waals surface area contributed by atoms with Gasteiger partial charge in [0.05, 0.1) is 6.61 Å². The van der Waals surface area contributed by atoms with E-state index in [0.29, 0.717) is 17.9 Å². The van der Waals surface area contributed by atoms with Crippen LogP contribution in [0.25, 0.3) is 0 Å². The number of rotatable bonds is 16. The first-order valence-electron chi connectivity index (χ1n) is 16.1. The molecule has 2 heterocycles. The number of aliphatic carboxylic acids is 1. The van der Waals surface area contributed by atoms with Crippen LogP contribution in [0.4, 0.5) is 0 Å². The van der Waals surface area contributed by atoms with Gasteiger partial charge in [0.15, 0.2) is 11.9 Å². The first-order chi connectivity index (χ1) is 21.0. The maximum atomic E-state index is 13.2. The molecular weight excluding hydrogens is 580 g/mol. The molecule has 0 aromatic heterocycles. The maximum Gasteiger partial charge on any atom is 0.343 e. The van der Waals surface area contributed by atoms with E-state index in [1.165, 1.54) is 13.8 Å². The zero-order valence-corrected chi connectivity index (χ0v) is 27.8. The van der Waals surface area contributed by atoms with Crippen LogP contribution in [-0.2, 0) is 39.8 Å². The second-order valence-electron chi connectivity index (χ2n) is 13.6. The predicted octanol–water partition coefficient (Wildman–Crippen LogP) is 4.84. The molecule has 1 aromatic rings. The third-order valence-electron chi connectivity index (χ3n) is 9.78. The lowest BCUT2D eigenvalue weighted by molar-refractivity contribution is -0.356. The number of carbonyl (C=O) groups excluding carboxylic acids is 2. The summed E-state index contributed by atoms with van der Waals surface area (Å²) in [5, 5.41) is 33.3. The number of hydrogen-bond acceptors (Lipinski definition) is 9. The molecule has 1 aromatic carbocycles. The van der Waals surface area contributed by atoms with Crippen molar-refractivity contribution in [2.24, 2.45) is 23.7 Å². The maximum absolute atomic E-state index is 13.2. The molecule has 45 heavy (non-hydrogen) atoms. The molecule has 252 valence electrons. The van der Waals surface area contributed by atoms with Gasteiger partial charge in [0.2, 0.25) is 5.60 Å². The SMILES string of the molecule is C=C(CCC12OCC(C)(O)C(C(=O)O)(O1)[C@H](OC(=O)CC(C)[C@@H](C)C[C@@H](C)CC)[C@H]2O)[C@@H](OC(C)=O)[C@H](C)Cc1ccccc1. The Morgan fingerprint density at radius 3 is 2.31 bits per heavy atom. The molecule has 10 heteroatoms. The average Bonchev–Trinajstić information content (AvgIpc) is 3.19. The number of ether oxygens (including phenoxy) is 4. The molecule has 2 aliphatic heterocycles. The Bertz CT molecular complexity index is 1200. The monoisotopic (exact) mass is 632 g/mol. The molecule has 3 N–H and O–H groups in total. The van der Waals surface area contributed by atoms with Crippen LogP contribution >= 0.6 is 0 Å². The highest BCUT2D eigenvalue weighted by atomic mass is 16.8. The number of esters is 2. The summed E-state index contributed by atoms with van der Waals surface area (Å²) >= 11 is 0. The standard InChI is InChI=1S/C35H52O10/c1-9-21(2)17-23(4)24(5)19-28(37)44-31-30(38)34(42-20-33(8,41)35(31,45-34)32(39)40)16-15-22(3)29(43-26(7)36)25(6)18-27-13-11-10-12-14-27/h10-14,21,23-25,29-31,38,41H,3,9,15-20H2,1-2,4-8H3,(H,39,40)/t21-,23-,24?,25+,29+,30+,31+,33?,34?,35?/m0/s1. The van der Waals surface area contributed by atoms with Crippen LogP contribution in [-0.4, -0.2) is 75.1 Å². The van der Waals surface area contributed by atoms with Crippen molar-refractivity contribution in [3.63, 3.8) is 0 Å². The zero-order chi connectivity index (χ0) is 33.7. The van der Waals surface area contributed by atoms with Gasteiger partial charge in [-0.25, -0.2) is 4.79 Å². The van der Waals surface area contributed by atoms with Crippen molar-refractivity contribution >= 4 is 17.9 Å². The van der Waals surface area contributed by atoms with E-state index in [1.54, 1.807) is 0 Å². The van der Waals surface area contributed by atoms with Crippen LogP contribution in [0, 0.1) is 23.7 Å². The summed E-state index contributed by atoms with van der Waals surface area (Å²) in [7, 11) is 0. The minimum Gasteiger partial charge on any atom is -0.479 e. The molecule has 2 aliphatic rings. The number of aliphatic hydroxyl groups is 2. The molecule has 0 spiro atoms. The van der Waals surface area contributed by atoms with E-state index in [2.05, 4.69) is 27.4 Å². The number of aliphatic hydroxyl groups excluding tert-OH is 1. The lowest BCUT2D eigenvalue weighted by Gasteiger charge is -2.46. The molecular formula is C35H52O10. The van der Waals surface area contributed by atoms with E-state index in [9.17, 15) is 29.7 Å². The quantitative estimate of drug-likeness (QED) is 0.171. The van der Waals surface area contributed by atoms with Crippen LogP contribution in [0.5, 0.6) is 0 Å². The zero-order valence-electron chi connectivity index (χ0n) is 27.8. The number of carbonyl (C=O) groups is 3. The minimum absolute atomic E-state index is 0.00664. The normalized spacial score (nSPS) is 30.9. The Morgan fingerprint density at radius 1 is 1.09 bits per heavy atom. The summed E-state index contributed by atoms with van der Waals surface area (Å²) in [5.74, 6) is -4.19. The van der Waals surface area contributed by atoms with E-state index in [0.717, 1.165) is 18.4 Å². The van der Waals surface area contributed by atoms with Gasteiger partial charge in [-0.1, -0.05) is 78.0 Å². The molecule has 0 saturated carbocycles. The topological polar surface area (TPSA) is 149 Å². The molecule has 2 bridgehead atoms. The predicted molar refractivity (Wildman–Crippen MR) is 167 cm³/mol. The smallest absolute Gasteiger partial charge is 0.343 e. The second-order valence-corrected chi connectivity index (χ2v) is 13.6. The first-order valence-corrected chi connectivity index (χ1v) is 16.1. The summed E-state index contributed by atoms with van der Waals surface area (Å²) in [5.41, 5.74) is -3.05. The van der Waals surface area contributed by atoms with Gasteiger partial charge in [0, 0.05) is 25.7 Å². The summed E-state index contributed by atoms with van der Waals surface area (Å²) in [6.07, 6.45) is -1.57. The molecule has 2 saturated heterocycles. The molecule has 0 aliphatic carbocycles. The minimum atomic E-state index is -2.48. The van der Waals surface area contributed by atoms with Crippen molar-refractivity contribution in [3.8, 4) is 0 Å². The Labute approximate surface area is 267 Å². The number of benzene rings is 1. The van der Waals surface area contributed by atoms with Crippen LogP contribution < -0.4 is 0 Å². The van der Waals surface area contributed by atoms with Crippen LogP contribution in [0.2, 0.25) is 0 Å². The van der Waals surface area contributed by atoms with Crippen LogP contribution in [0.1, 0.15) is 86.1 Å². The van der Waals surface area contributed by atoms with Crippen LogP contribution in [0.3, 0.4) is 0 Å². The average molecular weight is 633 g/mol. The number of fused-ring (bicyclic) bond motifs is 2. The fraction of sp³-hybridized carbons (Fsp3) is 0.686. The van der Waals surface area contributed by atoms with Crippen molar-refractivity contribution in [1.29, 1.82) is 0 Å². The molecule has 0 amide bonds. The van der Waals surface area contributed by atoms with E-state index in [1.807, 2.05) is 44.2 Å². The lowest BCUT2D eigenvalue weighted by atomic mass is 9.79. The third kappa shape index (κ3) is 7.96. The fourth-order valence-corrected chi connectivity index (χ4v) is 6.60. The van der Waals surface area contributed by atoms with Crippen molar-refractivity contribution in [1.82, 2.24) is 0 Å². The fourth-order valence-electron chi connectivity index (χ4n) is 6.60. The van der Waals surface area contributed by atoms with Crippen molar-refractivity contribution in [3.05, 3.63) is 48.0 Å². The molecule has 2 fully saturated rings. The first kappa shape index (κ1) is 36.7. The van der Waals surface area contributed by atoms with Gasteiger partial charge < -0.3 is 34.3 Å². The van der Waals surface area contributed by atoms with Crippen LogP contribution in [0.15, 0.2) is 42.5 Å². The third-order valence-corrected chi connectivity index (χ3v) is 9.78. The summed E-state index contributed by atoms with van der Waals surface area (Å²) in [6, 6.07) is 9.73. The van der Waals surface area contributed by atoms with Gasteiger partial charge in [-0.15, -0.1) is 0 Å². The number of hydrogen-bond donors (Lipinski definition) is 3. The summed E-state index contributed by atoms with van der Waals surface area (Å²) in [6.45, 7) is 16.4. The highest BCUT2D eigenvalue weighted by molar-refractivity contribution is 5.82. The Hall–Kier alpha value is -2.79. The van der Waals surface area contributed by atoms with Gasteiger partial charge >= 0.3 is 17.9 Å². The van der Waals surface area contributed by atoms with Gasteiger partial charge in [-0.2, -0.15) is 0 Å². The van der Waals surface area contributed by atoms with E-state index < -0.39 is 59.8 Å². The van der Waals surface area contributed by atoms with Crippen molar-refractivity contribution < 1.29 is 48.7 Å². The number of carboxylic acids is 1. The Kier molecular flexibility index (Phi) is 12.0. The van der Waals surface area contributed by atoms with Crippen molar-refractivity contribution in [2.75, 3.05) is 6.61 Å². The summed E-state index contributed by atoms with van der Waals surface area (Å²) < 4.78 is 23.3. The van der Waals surface area contributed by atoms with E-state index in [4.69, 9.17) is 18.9 Å². The highest BCUT2D eigenvalue weighted by Gasteiger charge is 2.78. The lowest BCUT2D eigenvalue weighted by Crippen LogP contribution is -2.69. The number of carboxylic acid groups (broad SMARTS) is 1. The molecule has 0 radical (unpaired) electrons. The highest BCUT2D eigenvalue weighted by Crippen LogP contribution is 2.53. The van der Waals surface area contributed by atoms with E-state index >= 15 is 0 Å². The molecule has 10 atom stereocenters. The summed E-state index contributed by atoms with van der Waals surface area (Å²) in [4.78, 5) is 38.1. The second kappa shape index (κ2) is 14.8. The Balaban J connectivity index is 1.81. The molecule has 3 rings (SSSR count). The van der Waals surface area contributed by atoms with Crippen molar-refractivity contribution in [2.45, 2.75) is 122 Å². The van der Waals surface area contributed by atoms with Gasteiger partial charge in [-0.05, 0) is 55.1 Å². The molecule has 4 unspecified atom stereocenters. The van der Waals surface area contributed by atoms with E-state index in [-0.39, 0.29) is 37.0 Å². The largest absolute Gasteiger partial charge is 0.479 e. The Morgan fingerprint density at radius 2 is 1.73 bits per heavy atom. The molecule has 10 nitrogen and oxygen atoms in total.